The topological polar surface area (TPSA) is 108 Å². The van der Waals surface area contributed by atoms with Crippen molar-refractivity contribution in [3.05, 3.63) is 24.3 Å². The summed E-state index contributed by atoms with van der Waals surface area (Å²) in [6.45, 7) is 1.89. The standard InChI is InChI=1S/C19H24F3N7O2S/c1-2-11-8-12(27-32(30,31)28-7-3-4-15(28)19(20,21)22)9-13(11)18-26-25-16-10-24-17-14(29(16)18)5-6-23-17/h5-6,10-13,15,23,27H,2-4,7-9H2,1H3/t11-,12+,13+,15?/m1/s1. The van der Waals surface area contributed by atoms with Crippen LogP contribution >= 0.6 is 0 Å². The summed E-state index contributed by atoms with van der Waals surface area (Å²) < 4.78 is 70.7. The molecule has 1 saturated heterocycles. The zero-order valence-electron chi connectivity index (χ0n) is 17.4. The smallest absolute Gasteiger partial charge is 0.345 e. The number of hydrogen-bond donors (Lipinski definition) is 2. The Morgan fingerprint density at radius 2 is 2.09 bits per heavy atom. The Labute approximate surface area is 182 Å². The van der Waals surface area contributed by atoms with Crippen LogP contribution in [0.1, 0.15) is 50.8 Å². The minimum absolute atomic E-state index is 0.0832. The zero-order chi connectivity index (χ0) is 22.7. The van der Waals surface area contributed by atoms with E-state index in [2.05, 4.69) is 24.9 Å². The third-order valence-electron chi connectivity index (χ3n) is 6.72. The molecule has 32 heavy (non-hydrogen) atoms. The van der Waals surface area contributed by atoms with Crippen LogP contribution in [0.3, 0.4) is 0 Å². The fourth-order valence-corrected chi connectivity index (χ4v) is 6.94. The van der Waals surface area contributed by atoms with Crippen LogP contribution in [-0.4, -0.2) is 62.1 Å². The molecule has 9 nitrogen and oxygen atoms in total. The lowest BCUT2D eigenvalue weighted by Gasteiger charge is -2.27. The first kappa shape index (κ1) is 21.6. The van der Waals surface area contributed by atoms with E-state index in [-0.39, 0.29) is 31.2 Å². The summed E-state index contributed by atoms with van der Waals surface area (Å²) in [6.07, 6.45) is 0.565. The van der Waals surface area contributed by atoms with Crippen molar-refractivity contribution >= 4 is 27.0 Å². The number of rotatable bonds is 5. The molecule has 2 fully saturated rings. The highest BCUT2D eigenvalue weighted by Gasteiger charge is 2.51. The summed E-state index contributed by atoms with van der Waals surface area (Å²) >= 11 is 0. The maximum absolute atomic E-state index is 13.3. The molecule has 4 atom stereocenters. The Morgan fingerprint density at radius 3 is 2.84 bits per heavy atom. The van der Waals surface area contributed by atoms with Gasteiger partial charge in [0.2, 0.25) is 0 Å². The first-order valence-electron chi connectivity index (χ1n) is 10.7. The van der Waals surface area contributed by atoms with Crippen molar-refractivity contribution < 1.29 is 21.6 Å². The lowest BCUT2D eigenvalue weighted by atomic mass is 9.93. The van der Waals surface area contributed by atoms with Crippen LogP contribution in [0.2, 0.25) is 0 Å². The predicted molar refractivity (Wildman–Crippen MR) is 110 cm³/mol. The Bertz CT molecular complexity index is 1240. The van der Waals surface area contributed by atoms with Crippen molar-refractivity contribution in [2.45, 2.75) is 63.2 Å². The van der Waals surface area contributed by atoms with Crippen LogP contribution in [0.5, 0.6) is 0 Å². The molecule has 13 heteroatoms. The van der Waals surface area contributed by atoms with E-state index in [1.54, 1.807) is 12.4 Å². The number of alkyl halides is 3. The molecule has 0 spiro atoms. The van der Waals surface area contributed by atoms with Gasteiger partial charge >= 0.3 is 6.18 Å². The maximum Gasteiger partial charge on any atom is 0.405 e. The summed E-state index contributed by atoms with van der Waals surface area (Å²) in [7, 11) is -4.26. The van der Waals surface area contributed by atoms with Crippen molar-refractivity contribution in [1.29, 1.82) is 0 Å². The zero-order valence-corrected chi connectivity index (χ0v) is 18.2. The van der Waals surface area contributed by atoms with Gasteiger partial charge in [0.25, 0.3) is 10.2 Å². The average Bonchev–Trinajstić information content (AvgIpc) is 3.49. The normalized spacial score (nSPS) is 27.8. The summed E-state index contributed by atoms with van der Waals surface area (Å²) in [6, 6.07) is -0.558. The predicted octanol–water partition coefficient (Wildman–Crippen LogP) is 2.74. The molecule has 1 saturated carbocycles. The van der Waals surface area contributed by atoms with E-state index in [1.165, 1.54) is 0 Å². The van der Waals surface area contributed by atoms with Crippen LogP contribution < -0.4 is 4.72 Å². The monoisotopic (exact) mass is 471 g/mol. The van der Waals surface area contributed by atoms with Gasteiger partial charge in [0, 0.05) is 24.7 Å². The van der Waals surface area contributed by atoms with Crippen molar-refractivity contribution in [1.82, 2.24) is 33.6 Å². The molecular weight excluding hydrogens is 447 g/mol. The number of halogens is 3. The second kappa shape index (κ2) is 7.66. The Hall–Kier alpha value is -2.25. The summed E-state index contributed by atoms with van der Waals surface area (Å²) in [5.74, 6) is 0.754. The number of fused-ring (bicyclic) bond motifs is 3. The van der Waals surface area contributed by atoms with Gasteiger partial charge < -0.3 is 4.98 Å². The van der Waals surface area contributed by atoms with Gasteiger partial charge in [-0.05, 0) is 37.7 Å². The molecule has 1 aliphatic heterocycles. The Kier molecular flexibility index (Phi) is 5.17. The van der Waals surface area contributed by atoms with E-state index >= 15 is 0 Å². The van der Waals surface area contributed by atoms with Crippen LogP contribution in [-0.2, 0) is 10.2 Å². The molecule has 1 unspecified atom stereocenters. The van der Waals surface area contributed by atoms with Crippen LogP contribution in [0.25, 0.3) is 16.8 Å². The SMILES string of the molecule is CC[C@@H]1C[C@H](NS(=O)(=O)N2CCCC2C(F)(F)F)C[C@@H]1c1nnc2cnc3[nH]ccc3n12. The van der Waals surface area contributed by atoms with Gasteiger partial charge in [0.1, 0.15) is 11.9 Å². The van der Waals surface area contributed by atoms with Gasteiger partial charge in [-0.15, -0.1) is 10.2 Å². The van der Waals surface area contributed by atoms with Gasteiger partial charge in [-0.1, -0.05) is 13.3 Å². The minimum Gasteiger partial charge on any atom is -0.345 e. The maximum atomic E-state index is 13.3. The summed E-state index contributed by atoms with van der Waals surface area (Å²) in [5, 5.41) is 8.61. The fraction of sp³-hybridized carbons (Fsp3) is 0.632. The Morgan fingerprint density at radius 1 is 1.28 bits per heavy atom. The van der Waals surface area contributed by atoms with Crippen molar-refractivity contribution in [2.75, 3.05) is 6.54 Å². The summed E-state index contributed by atoms with van der Waals surface area (Å²) in [4.78, 5) is 7.37. The van der Waals surface area contributed by atoms with Crippen molar-refractivity contribution in [3.63, 3.8) is 0 Å². The number of aromatic nitrogens is 5. The number of nitrogens with zero attached hydrogens (tertiary/aromatic N) is 5. The molecule has 0 amide bonds. The molecule has 0 aromatic carbocycles. The highest BCUT2D eigenvalue weighted by Crippen LogP contribution is 2.42. The molecule has 5 rings (SSSR count). The van der Waals surface area contributed by atoms with Crippen LogP contribution in [0.15, 0.2) is 18.5 Å². The molecule has 3 aromatic rings. The third-order valence-corrected chi connectivity index (χ3v) is 8.41. The average molecular weight is 472 g/mol. The number of nitrogens with one attached hydrogen (secondary N) is 2. The van der Waals surface area contributed by atoms with Gasteiger partial charge in [-0.3, -0.25) is 4.40 Å². The fourth-order valence-electron chi connectivity index (χ4n) is 5.26. The number of H-pyrrole nitrogens is 1. The van der Waals surface area contributed by atoms with E-state index in [0.717, 1.165) is 17.8 Å². The largest absolute Gasteiger partial charge is 0.405 e. The first-order chi connectivity index (χ1) is 15.2. The molecule has 174 valence electrons. The molecule has 2 aliphatic rings. The molecule has 3 aromatic heterocycles. The highest BCUT2D eigenvalue weighted by molar-refractivity contribution is 7.87. The third kappa shape index (κ3) is 3.55. The van der Waals surface area contributed by atoms with Crippen molar-refractivity contribution in [3.8, 4) is 0 Å². The molecule has 4 heterocycles. The van der Waals surface area contributed by atoms with E-state index in [4.69, 9.17) is 0 Å². The van der Waals surface area contributed by atoms with E-state index < -0.39 is 28.5 Å². The number of hydrogen-bond acceptors (Lipinski definition) is 5. The Balaban J connectivity index is 1.41. The van der Waals surface area contributed by atoms with E-state index in [1.807, 2.05) is 17.4 Å². The summed E-state index contributed by atoms with van der Waals surface area (Å²) in [5.41, 5.74) is 2.11. The second-order valence-corrected chi connectivity index (χ2v) is 10.3. The quantitative estimate of drug-likeness (QED) is 0.595. The number of aromatic amines is 1. The molecule has 0 radical (unpaired) electrons. The molecule has 0 bridgehead atoms. The van der Waals surface area contributed by atoms with E-state index in [9.17, 15) is 21.6 Å². The van der Waals surface area contributed by atoms with Gasteiger partial charge in [0.05, 0.1) is 11.7 Å². The van der Waals surface area contributed by atoms with E-state index in [0.29, 0.717) is 28.4 Å². The van der Waals surface area contributed by atoms with Gasteiger partial charge in [-0.25, -0.2) is 4.98 Å². The molecule has 2 N–H and O–H groups in total. The van der Waals surface area contributed by atoms with Crippen LogP contribution in [0, 0.1) is 5.92 Å². The molecule has 1 aliphatic carbocycles. The lowest BCUT2D eigenvalue weighted by molar-refractivity contribution is -0.165. The van der Waals surface area contributed by atoms with Crippen LogP contribution in [0.4, 0.5) is 13.2 Å². The lowest BCUT2D eigenvalue weighted by Crippen LogP contribution is -2.51. The second-order valence-electron chi connectivity index (χ2n) is 8.60. The first-order valence-corrected chi connectivity index (χ1v) is 12.2. The van der Waals surface area contributed by atoms with Crippen molar-refractivity contribution in [2.24, 2.45) is 5.92 Å². The van der Waals surface area contributed by atoms with Gasteiger partial charge in [0.15, 0.2) is 11.3 Å². The minimum atomic E-state index is -4.58. The van der Waals surface area contributed by atoms with Gasteiger partial charge in [-0.2, -0.15) is 30.6 Å². The molecular formula is C19H24F3N7O2S. The highest BCUT2D eigenvalue weighted by atomic mass is 32.2.